The van der Waals surface area contributed by atoms with E-state index < -0.39 is 71.3 Å². The van der Waals surface area contributed by atoms with Gasteiger partial charge in [0.25, 0.3) is 5.91 Å². The van der Waals surface area contributed by atoms with Crippen molar-refractivity contribution in [2.24, 2.45) is 0 Å². The van der Waals surface area contributed by atoms with Crippen LogP contribution in [0.2, 0.25) is 0 Å². The smallest absolute Gasteiger partial charge is 0.416 e. The van der Waals surface area contributed by atoms with Gasteiger partial charge >= 0.3 is 24.5 Å². The molecule has 1 aliphatic heterocycles. The van der Waals surface area contributed by atoms with E-state index in [0.29, 0.717) is 56.3 Å². The third-order valence-electron chi connectivity index (χ3n) is 8.00. The Balaban J connectivity index is 1.79. The van der Waals surface area contributed by atoms with Crippen LogP contribution in [0.4, 0.5) is 51.1 Å². The molecular weight excluding hydrogens is 725 g/mol. The number of aromatic nitrogens is 2. The lowest BCUT2D eigenvalue weighted by Crippen LogP contribution is -2.36. The van der Waals surface area contributed by atoms with Crippen molar-refractivity contribution in [2.75, 3.05) is 49.2 Å². The number of anilines is 2. The third-order valence-corrected chi connectivity index (χ3v) is 8.00. The van der Waals surface area contributed by atoms with Crippen molar-refractivity contribution in [3.8, 4) is 0 Å². The summed E-state index contributed by atoms with van der Waals surface area (Å²) in [6.07, 6.45) is -12.7. The van der Waals surface area contributed by atoms with Crippen LogP contribution in [0.1, 0.15) is 72.3 Å². The molecule has 0 bridgehead atoms. The van der Waals surface area contributed by atoms with Crippen LogP contribution in [-0.2, 0) is 45.9 Å². The van der Waals surface area contributed by atoms with E-state index in [1.807, 2.05) is 4.90 Å². The molecule has 2 aromatic carbocycles. The van der Waals surface area contributed by atoms with E-state index in [2.05, 4.69) is 9.97 Å². The summed E-state index contributed by atoms with van der Waals surface area (Å²) in [7, 11) is 0. The van der Waals surface area contributed by atoms with Crippen molar-refractivity contribution in [1.82, 2.24) is 14.9 Å². The second kappa shape index (κ2) is 16.2. The molecule has 0 spiro atoms. The largest absolute Gasteiger partial charge is 0.460 e. The van der Waals surface area contributed by atoms with Gasteiger partial charge < -0.3 is 24.2 Å². The molecule has 0 radical (unpaired) electrons. The summed E-state index contributed by atoms with van der Waals surface area (Å²) in [6.45, 7) is 6.79. The monoisotopic (exact) mass is 763 g/mol. The van der Waals surface area contributed by atoms with Crippen molar-refractivity contribution in [3.05, 3.63) is 82.2 Å². The summed E-state index contributed by atoms with van der Waals surface area (Å²) < 4.78 is 135. The predicted octanol–water partition coefficient (Wildman–Crippen LogP) is 7.77. The molecule has 1 aromatic heterocycles. The van der Waals surface area contributed by atoms with Gasteiger partial charge in [-0.15, -0.1) is 0 Å². The maximum Gasteiger partial charge on any atom is 0.416 e. The molecule has 4 rings (SSSR count). The summed E-state index contributed by atoms with van der Waals surface area (Å²) in [5.41, 5.74) is -5.67. The zero-order valence-electron chi connectivity index (χ0n) is 29.3. The fourth-order valence-corrected chi connectivity index (χ4v) is 5.50. The van der Waals surface area contributed by atoms with E-state index in [1.54, 1.807) is 27.7 Å². The van der Waals surface area contributed by atoms with Crippen LogP contribution in [0.5, 0.6) is 0 Å². The molecule has 290 valence electrons. The molecule has 0 unspecified atom stereocenters. The van der Waals surface area contributed by atoms with Crippen LogP contribution < -0.4 is 9.80 Å². The number of morpholine rings is 1. The summed E-state index contributed by atoms with van der Waals surface area (Å²) >= 11 is 0. The summed E-state index contributed by atoms with van der Waals surface area (Å²) in [5, 5.41) is 0. The lowest BCUT2D eigenvalue weighted by molar-refractivity contribution is -0.155. The van der Waals surface area contributed by atoms with E-state index in [0.717, 1.165) is 11.0 Å². The molecule has 3 aromatic rings. The van der Waals surface area contributed by atoms with E-state index in [-0.39, 0.29) is 42.7 Å². The minimum Gasteiger partial charge on any atom is -0.460 e. The van der Waals surface area contributed by atoms with Gasteiger partial charge in [0.2, 0.25) is 5.95 Å². The Morgan fingerprint density at radius 2 is 1.38 bits per heavy atom. The van der Waals surface area contributed by atoms with Gasteiger partial charge in [0, 0.05) is 44.8 Å². The first kappa shape index (κ1) is 41.2. The Hall–Kier alpha value is -4.61. The van der Waals surface area contributed by atoms with Gasteiger partial charge in [-0.05, 0) is 75.2 Å². The molecule has 2 heterocycles. The Labute approximate surface area is 299 Å². The third kappa shape index (κ3) is 11.4. The summed E-state index contributed by atoms with van der Waals surface area (Å²) in [6, 6.07) is 3.25. The number of halogens is 9. The minimum atomic E-state index is -5.17. The number of rotatable bonds is 11. The number of esters is 1. The lowest BCUT2D eigenvalue weighted by atomic mass is 10.0. The average Bonchev–Trinajstić information content (AvgIpc) is 3.06. The molecule has 0 saturated carbocycles. The van der Waals surface area contributed by atoms with Gasteiger partial charge in [0.1, 0.15) is 5.60 Å². The molecular formula is C35H38F9N5O4. The zero-order valence-corrected chi connectivity index (χ0v) is 29.3. The second-order valence-electron chi connectivity index (χ2n) is 13.2. The highest BCUT2D eigenvalue weighted by Gasteiger charge is 2.37. The van der Waals surface area contributed by atoms with Crippen molar-refractivity contribution >= 4 is 23.5 Å². The first-order chi connectivity index (χ1) is 24.5. The highest BCUT2D eigenvalue weighted by molar-refractivity contribution is 5.96. The highest BCUT2D eigenvalue weighted by atomic mass is 19.4. The highest BCUT2D eigenvalue weighted by Crippen LogP contribution is 2.37. The molecule has 1 fully saturated rings. The van der Waals surface area contributed by atoms with Gasteiger partial charge in [-0.25, -0.2) is 9.97 Å². The first-order valence-electron chi connectivity index (χ1n) is 16.4. The number of carbonyl (C=O) groups excluding carboxylic acids is 2. The first-order valence-corrected chi connectivity index (χ1v) is 16.4. The molecule has 1 saturated heterocycles. The number of amides is 1. The van der Waals surface area contributed by atoms with E-state index in [4.69, 9.17) is 9.47 Å². The van der Waals surface area contributed by atoms with Crippen LogP contribution in [-0.4, -0.2) is 71.7 Å². The second-order valence-corrected chi connectivity index (χ2v) is 13.2. The van der Waals surface area contributed by atoms with Crippen molar-refractivity contribution in [2.45, 2.75) is 71.3 Å². The van der Waals surface area contributed by atoms with Crippen molar-refractivity contribution in [1.29, 1.82) is 0 Å². The molecule has 53 heavy (non-hydrogen) atoms. The topological polar surface area (TPSA) is 88.1 Å². The van der Waals surface area contributed by atoms with Crippen LogP contribution in [0.3, 0.4) is 0 Å². The molecule has 0 N–H and O–H groups in total. The number of alkyl halides is 9. The molecule has 1 aliphatic rings. The Morgan fingerprint density at radius 1 is 0.811 bits per heavy atom. The van der Waals surface area contributed by atoms with Gasteiger partial charge in [-0.1, -0.05) is 0 Å². The standard InChI is InChI=1S/C35H38F9N5O4/c1-5-47(9-8-29(50)53-32(2,3)4)30(51)28-7-6-24(33(36,37)38)16-23(28)21-49(31-45-18-27(19-46-31)48-10-12-52-13-11-48)20-22-14-25(34(39,40)41)17-26(15-22)35(42,43)44/h6-7,14-19H,5,8-13,20-21H2,1-4H3. The molecule has 0 atom stereocenters. The molecule has 1 amide bonds. The van der Waals surface area contributed by atoms with Gasteiger partial charge in [0.05, 0.1) is 54.4 Å². The lowest BCUT2D eigenvalue weighted by Gasteiger charge is -2.29. The Morgan fingerprint density at radius 3 is 1.89 bits per heavy atom. The van der Waals surface area contributed by atoms with Gasteiger partial charge in [0.15, 0.2) is 0 Å². The quantitative estimate of drug-likeness (QED) is 0.145. The van der Waals surface area contributed by atoms with Gasteiger partial charge in [-0.2, -0.15) is 39.5 Å². The minimum absolute atomic E-state index is 0.0301. The van der Waals surface area contributed by atoms with Crippen LogP contribution in [0.15, 0.2) is 48.8 Å². The van der Waals surface area contributed by atoms with Crippen LogP contribution in [0.25, 0.3) is 0 Å². The molecule has 0 aliphatic carbocycles. The van der Waals surface area contributed by atoms with E-state index >= 15 is 0 Å². The maximum atomic E-state index is 14.0. The number of benzene rings is 2. The van der Waals surface area contributed by atoms with Crippen LogP contribution >= 0.6 is 0 Å². The number of ether oxygens (including phenoxy) is 2. The fraction of sp³-hybridized carbons (Fsp3) is 0.486. The molecule has 18 heteroatoms. The number of nitrogens with zero attached hydrogens (tertiary/aromatic N) is 5. The summed E-state index contributed by atoms with van der Waals surface area (Å²) in [5.74, 6) is -1.65. The number of carbonyl (C=O) groups is 2. The average molecular weight is 764 g/mol. The predicted molar refractivity (Wildman–Crippen MR) is 175 cm³/mol. The van der Waals surface area contributed by atoms with E-state index in [1.165, 1.54) is 17.3 Å². The van der Waals surface area contributed by atoms with Gasteiger partial charge in [-0.3, -0.25) is 9.59 Å². The Kier molecular flexibility index (Phi) is 12.6. The zero-order chi connectivity index (χ0) is 39.4. The van der Waals surface area contributed by atoms with Crippen LogP contribution in [0, 0.1) is 0 Å². The van der Waals surface area contributed by atoms with E-state index in [9.17, 15) is 49.1 Å². The number of hydrogen-bond acceptors (Lipinski definition) is 8. The van der Waals surface area contributed by atoms with Crippen molar-refractivity contribution < 1.29 is 58.6 Å². The number of hydrogen-bond donors (Lipinski definition) is 0. The Bertz CT molecular complexity index is 1700. The fourth-order valence-electron chi connectivity index (χ4n) is 5.50. The SMILES string of the molecule is CCN(CCC(=O)OC(C)(C)C)C(=O)c1ccc(C(F)(F)F)cc1CN(Cc1cc(C(F)(F)F)cc(C(F)(F)F)c1)c1ncc(N2CCOCC2)cn1. The van der Waals surface area contributed by atoms with Crippen molar-refractivity contribution in [3.63, 3.8) is 0 Å². The normalized spacial score (nSPS) is 14.2. The maximum absolute atomic E-state index is 14.0. The summed E-state index contributed by atoms with van der Waals surface area (Å²) in [4.78, 5) is 38.9. The molecule has 9 nitrogen and oxygen atoms in total.